The third-order valence-corrected chi connectivity index (χ3v) is 13.8. The molecular weight excluding hydrogens is 669 g/mol. The molecule has 240 valence electrons. The molecule has 7 aromatic rings. The molecule has 0 saturated heterocycles. The van der Waals surface area contributed by atoms with Crippen LogP contribution in [-0.4, -0.2) is 0 Å². The first-order valence-electron chi connectivity index (χ1n) is 16.7. The first kappa shape index (κ1) is 34.0. The highest BCUT2D eigenvalue weighted by Crippen LogP contribution is 2.34. The van der Waals surface area contributed by atoms with Gasteiger partial charge in [0.05, 0.1) is 0 Å². The third-order valence-electron chi connectivity index (χ3n) is 7.96. The highest BCUT2D eigenvalue weighted by molar-refractivity contribution is 7.78. The molecule has 51 heavy (non-hydrogen) atoms. The molecule has 0 aliphatic carbocycles. The molecule has 0 atom stereocenters. The molecule has 7 aromatic carbocycles. The van der Waals surface area contributed by atoms with Crippen molar-refractivity contribution in [1.82, 2.24) is 0 Å². The van der Waals surface area contributed by atoms with Crippen LogP contribution in [0, 0.1) is 34.7 Å². The van der Waals surface area contributed by atoms with Gasteiger partial charge in [0, 0.05) is 40.5 Å². The van der Waals surface area contributed by atoms with Crippen molar-refractivity contribution >= 4 is 55.6 Å². The number of rotatable bonds is 6. The summed E-state index contributed by atoms with van der Waals surface area (Å²) in [6, 6.07) is 69.9. The molecule has 3 heteroatoms. The van der Waals surface area contributed by atoms with E-state index >= 15 is 0 Å². The Kier molecular flexibility index (Phi) is 11.6. The fourth-order valence-corrected chi connectivity index (χ4v) is 10.7. The second kappa shape index (κ2) is 17.4. The molecule has 0 fully saturated rings. The quantitative estimate of drug-likeness (QED) is 0.120. The van der Waals surface area contributed by atoms with Crippen LogP contribution in [0.15, 0.2) is 200 Å². The lowest BCUT2D eigenvalue weighted by atomic mass is 10.1. The zero-order chi connectivity index (χ0) is 34.5. The molecule has 0 saturated carbocycles. The molecule has 0 N–H and O–H groups in total. The topological polar surface area (TPSA) is 0 Å². The van der Waals surface area contributed by atoms with Gasteiger partial charge in [-0.25, -0.2) is 0 Å². The first-order valence-corrected chi connectivity index (χ1v) is 20.7. The molecule has 0 nitrogen and oxygen atoms in total. The third kappa shape index (κ3) is 9.20. The summed E-state index contributed by atoms with van der Waals surface area (Å²) in [5, 5.41) is 7.39. The summed E-state index contributed by atoms with van der Waals surface area (Å²) < 4.78 is 0. The lowest BCUT2D eigenvalue weighted by Crippen LogP contribution is -2.09. The van der Waals surface area contributed by atoms with Gasteiger partial charge in [0.1, 0.15) is 0 Å². The van der Waals surface area contributed by atoms with E-state index in [2.05, 4.69) is 235 Å². The normalized spacial score (nSPS) is 10.4. The minimum absolute atomic E-state index is 0.878. The van der Waals surface area contributed by atoms with E-state index in [-0.39, 0.29) is 0 Å². The highest BCUT2D eigenvalue weighted by Gasteiger charge is 2.13. The molecule has 0 radical (unpaired) electrons. The van der Waals surface area contributed by atoms with E-state index in [9.17, 15) is 0 Å². The summed E-state index contributed by atoms with van der Waals surface area (Å²) in [4.78, 5) is 0. The number of hydrogen-bond acceptors (Lipinski definition) is 0. The minimum Gasteiger partial charge on any atom is -0.0622 e. The summed E-state index contributed by atoms with van der Waals surface area (Å²) in [6.45, 7) is 0. The lowest BCUT2D eigenvalue weighted by Gasteiger charge is -2.12. The highest BCUT2D eigenvalue weighted by atomic mass is 31.1. The van der Waals surface area contributed by atoms with Crippen molar-refractivity contribution in [2.75, 3.05) is 0 Å². The summed E-state index contributed by atoms with van der Waals surface area (Å²) >= 11 is 0. The molecule has 0 aliphatic rings. The average molecular weight is 703 g/mol. The van der Waals surface area contributed by atoms with E-state index in [0.29, 0.717) is 0 Å². The van der Waals surface area contributed by atoms with Crippen LogP contribution < -0.4 is 31.8 Å². The number of benzene rings is 7. The smallest absolute Gasteiger partial charge is 0.0348 e. The SMILES string of the molecule is C(#CP(c1ccccc1)c1ccccc1)c1cc(C#CP(c2ccccc2)c2ccccc2)cc(C#CP(c2ccccc2)c2ccccc2)c1. The van der Waals surface area contributed by atoms with Gasteiger partial charge >= 0.3 is 0 Å². The van der Waals surface area contributed by atoms with Crippen LogP contribution in [0.1, 0.15) is 16.7 Å². The summed E-state index contributed by atoms with van der Waals surface area (Å²) in [5.41, 5.74) is 13.8. The van der Waals surface area contributed by atoms with Gasteiger partial charge in [-0.05, 0) is 50.0 Å². The molecule has 0 aliphatic heterocycles. The first-order chi connectivity index (χ1) is 25.3. The van der Waals surface area contributed by atoms with E-state index in [1.54, 1.807) is 0 Å². The van der Waals surface area contributed by atoms with Crippen LogP contribution in [0.2, 0.25) is 0 Å². The zero-order valence-corrected chi connectivity index (χ0v) is 30.6. The Morgan fingerprint density at radius 3 is 0.588 bits per heavy atom. The van der Waals surface area contributed by atoms with Crippen molar-refractivity contribution in [3.05, 3.63) is 217 Å². The maximum absolute atomic E-state index is 3.68. The van der Waals surface area contributed by atoms with Gasteiger partial charge in [0.15, 0.2) is 0 Å². The Morgan fingerprint density at radius 2 is 0.412 bits per heavy atom. The Bertz CT molecular complexity index is 1960. The van der Waals surface area contributed by atoms with E-state index in [0.717, 1.165) is 16.7 Å². The molecule has 0 heterocycles. The maximum atomic E-state index is 3.68. The summed E-state index contributed by atoms with van der Waals surface area (Å²) in [6.07, 6.45) is 0. The van der Waals surface area contributed by atoms with Crippen molar-refractivity contribution in [1.29, 1.82) is 0 Å². The predicted octanol–water partition coefficient (Wildman–Crippen LogP) is 9.01. The summed E-state index contributed by atoms with van der Waals surface area (Å²) in [7, 11) is -2.63. The van der Waals surface area contributed by atoms with Gasteiger partial charge in [0.25, 0.3) is 0 Å². The van der Waals surface area contributed by atoms with Gasteiger partial charge in [-0.15, -0.1) is 0 Å². The standard InChI is InChI=1S/C48H33P3/c1-7-19-43(20-8-1)49(44-21-9-2-10-22-44)34-31-40-37-41(32-35-50(45-23-11-3-12-24-45)46-25-13-4-14-26-46)39-42(38-40)33-36-51(47-27-15-5-16-28-47)48-29-17-6-18-30-48/h1-30,37-39H. The van der Waals surface area contributed by atoms with Crippen molar-refractivity contribution in [2.24, 2.45) is 0 Å². The molecule has 0 bridgehead atoms. The predicted molar refractivity (Wildman–Crippen MR) is 224 cm³/mol. The van der Waals surface area contributed by atoms with Crippen LogP contribution in [-0.2, 0) is 0 Å². The van der Waals surface area contributed by atoms with E-state index < -0.39 is 23.8 Å². The maximum Gasteiger partial charge on any atom is 0.0348 e. The second-order valence-electron chi connectivity index (χ2n) is 11.5. The van der Waals surface area contributed by atoms with E-state index in [4.69, 9.17) is 0 Å². The molecule has 0 aromatic heterocycles. The van der Waals surface area contributed by atoms with Crippen LogP contribution in [0.4, 0.5) is 0 Å². The van der Waals surface area contributed by atoms with Crippen molar-refractivity contribution < 1.29 is 0 Å². The minimum atomic E-state index is -0.878. The Morgan fingerprint density at radius 1 is 0.235 bits per heavy atom. The van der Waals surface area contributed by atoms with E-state index in [1.165, 1.54) is 31.8 Å². The number of hydrogen-bond donors (Lipinski definition) is 0. The Labute approximate surface area is 305 Å². The summed E-state index contributed by atoms with van der Waals surface area (Å²) in [5.74, 6) is 10.7. The Balaban J connectivity index is 1.34. The largest absolute Gasteiger partial charge is 0.0622 e. The Hall–Kier alpha value is -5.49. The van der Waals surface area contributed by atoms with Gasteiger partial charge in [0.2, 0.25) is 0 Å². The molecular formula is C48H33P3. The van der Waals surface area contributed by atoms with Gasteiger partial charge in [-0.3, -0.25) is 0 Å². The second-order valence-corrected chi connectivity index (χ2v) is 17.3. The van der Waals surface area contributed by atoms with Gasteiger partial charge in [-0.2, -0.15) is 0 Å². The van der Waals surface area contributed by atoms with Gasteiger partial charge in [-0.1, -0.05) is 217 Å². The van der Waals surface area contributed by atoms with Crippen molar-refractivity contribution in [2.45, 2.75) is 0 Å². The fourth-order valence-electron chi connectivity index (χ4n) is 5.50. The van der Waals surface area contributed by atoms with Crippen LogP contribution in [0.3, 0.4) is 0 Å². The molecule has 7 rings (SSSR count). The van der Waals surface area contributed by atoms with Crippen molar-refractivity contribution in [3.8, 4) is 34.7 Å². The van der Waals surface area contributed by atoms with Crippen LogP contribution in [0.25, 0.3) is 0 Å². The van der Waals surface area contributed by atoms with E-state index in [1.807, 2.05) is 0 Å². The van der Waals surface area contributed by atoms with Gasteiger partial charge < -0.3 is 0 Å². The zero-order valence-electron chi connectivity index (χ0n) is 27.9. The monoisotopic (exact) mass is 702 g/mol. The van der Waals surface area contributed by atoms with Crippen LogP contribution >= 0.6 is 23.8 Å². The molecule has 0 amide bonds. The molecule has 0 unspecified atom stereocenters. The fraction of sp³-hybridized carbons (Fsp3) is 0. The van der Waals surface area contributed by atoms with Crippen molar-refractivity contribution in [3.63, 3.8) is 0 Å². The molecule has 0 spiro atoms. The lowest BCUT2D eigenvalue weighted by molar-refractivity contribution is 1.56. The van der Waals surface area contributed by atoms with Crippen LogP contribution in [0.5, 0.6) is 0 Å². The average Bonchev–Trinajstić information content (AvgIpc) is 3.21.